The van der Waals surface area contributed by atoms with Gasteiger partial charge >= 0.3 is 0 Å². The van der Waals surface area contributed by atoms with Gasteiger partial charge in [0.2, 0.25) is 5.91 Å². The first-order chi connectivity index (χ1) is 14.5. The second kappa shape index (κ2) is 7.74. The Morgan fingerprint density at radius 3 is 2.80 bits per heavy atom. The Morgan fingerprint density at radius 2 is 2.07 bits per heavy atom. The molecular formula is C24H23ClN4O. The van der Waals surface area contributed by atoms with Crippen molar-refractivity contribution in [2.75, 3.05) is 23.3 Å². The molecule has 2 aliphatic heterocycles. The number of hydrogen-bond acceptors (Lipinski definition) is 4. The molecule has 152 valence electrons. The summed E-state index contributed by atoms with van der Waals surface area (Å²) < 4.78 is 0. The lowest BCUT2D eigenvalue weighted by Gasteiger charge is -2.29. The van der Waals surface area contributed by atoms with Crippen molar-refractivity contribution in [3.8, 4) is 0 Å². The second-order valence-corrected chi connectivity index (χ2v) is 8.49. The minimum absolute atomic E-state index is 0.174. The van der Waals surface area contributed by atoms with Crippen LogP contribution >= 0.6 is 11.6 Å². The maximum atomic E-state index is 12.3. The van der Waals surface area contributed by atoms with Gasteiger partial charge in [-0.1, -0.05) is 23.7 Å². The highest BCUT2D eigenvalue weighted by Crippen LogP contribution is 2.31. The van der Waals surface area contributed by atoms with Crippen LogP contribution in [0.3, 0.4) is 0 Å². The highest BCUT2D eigenvalue weighted by atomic mass is 35.5. The summed E-state index contributed by atoms with van der Waals surface area (Å²) in [5, 5.41) is 8.20. The van der Waals surface area contributed by atoms with Crippen molar-refractivity contribution in [3.63, 3.8) is 0 Å². The van der Waals surface area contributed by atoms with Crippen molar-refractivity contribution < 1.29 is 4.79 Å². The quantitative estimate of drug-likeness (QED) is 0.616. The molecule has 0 saturated carbocycles. The van der Waals surface area contributed by atoms with Crippen LogP contribution in [0.5, 0.6) is 0 Å². The average molecular weight is 419 g/mol. The lowest BCUT2D eigenvalue weighted by molar-refractivity contribution is -0.111. The molecule has 2 aromatic carbocycles. The van der Waals surface area contributed by atoms with Crippen LogP contribution in [0, 0.1) is 6.92 Å². The molecule has 2 aliphatic rings. The van der Waals surface area contributed by atoms with Crippen LogP contribution in [0.1, 0.15) is 17.5 Å². The number of piperazine rings is 1. The third kappa shape index (κ3) is 3.78. The fourth-order valence-corrected chi connectivity index (χ4v) is 4.50. The molecule has 3 heterocycles. The van der Waals surface area contributed by atoms with E-state index in [1.165, 1.54) is 18.1 Å². The van der Waals surface area contributed by atoms with Crippen molar-refractivity contribution in [2.45, 2.75) is 25.4 Å². The van der Waals surface area contributed by atoms with Crippen LogP contribution < -0.4 is 15.5 Å². The number of aromatic nitrogens is 1. The van der Waals surface area contributed by atoms with E-state index in [1.54, 1.807) is 18.2 Å². The van der Waals surface area contributed by atoms with E-state index in [4.69, 9.17) is 16.6 Å². The number of pyridine rings is 1. The topological polar surface area (TPSA) is 57.3 Å². The second-order valence-electron chi connectivity index (χ2n) is 8.05. The lowest BCUT2D eigenvalue weighted by Crippen LogP contribution is -2.44. The molecule has 5 rings (SSSR count). The largest absolute Gasteiger partial charge is 0.351 e. The Morgan fingerprint density at radius 1 is 1.23 bits per heavy atom. The van der Waals surface area contributed by atoms with Gasteiger partial charge in [0.1, 0.15) is 5.82 Å². The number of carbonyl (C=O) groups is 1. The van der Waals surface area contributed by atoms with E-state index in [-0.39, 0.29) is 5.91 Å². The molecule has 30 heavy (non-hydrogen) atoms. The number of hydrogen-bond donors (Lipinski definition) is 2. The lowest BCUT2D eigenvalue weighted by atomic mass is 10.1. The number of benzene rings is 2. The molecule has 0 aliphatic carbocycles. The Labute approximate surface area is 180 Å². The third-order valence-electron chi connectivity index (χ3n) is 5.92. The molecule has 2 N–H and O–H groups in total. The van der Waals surface area contributed by atoms with Gasteiger partial charge in [-0.2, -0.15) is 0 Å². The third-order valence-corrected chi connectivity index (χ3v) is 6.17. The normalized spacial score (nSPS) is 20.4. The zero-order valence-electron chi connectivity index (χ0n) is 16.7. The summed E-state index contributed by atoms with van der Waals surface area (Å²) in [4.78, 5) is 19.6. The van der Waals surface area contributed by atoms with E-state index in [9.17, 15) is 4.79 Å². The summed E-state index contributed by atoms with van der Waals surface area (Å²) in [5.74, 6) is 0.879. The van der Waals surface area contributed by atoms with Crippen molar-refractivity contribution in [3.05, 3.63) is 70.8 Å². The summed E-state index contributed by atoms with van der Waals surface area (Å²) in [6.45, 7) is 4.17. The SMILES string of the molecule is Cc1cc(N2CC3CC2CN3)nc2ccc(NC(=O)C=Cc3ccc(Cl)cc3)cc12. The van der Waals surface area contributed by atoms with Gasteiger partial charge in [-0.15, -0.1) is 0 Å². The van der Waals surface area contributed by atoms with Gasteiger partial charge in [0.05, 0.1) is 5.52 Å². The van der Waals surface area contributed by atoms with E-state index < -0.39 is 0 Å². The Hall–Kier alpha value is -2.89. The Kier molecular flexibility index (Phi) is 4.93. The summed E-state index contributed by atoms with van der Waals surface area (Å²) >= 11 is 5.89. The first kappa shape index (κ1) is 19.1. The van der Waals surface area contributed by atoms with E-state index >= 15 is 0 Å². The minimum atomic E-state index is -0.174. The summed E-state index contributed by atoms with van der Waals surface area (Å²) in [6.07, 6.45) is 4.50. The van der Waals surface area contributed by atoms with E-state index in [0.29, 0.717) is 17.1 Å². The van der Waals surface area contributed by atoms with Gasteiger partial charge in [0.15, 0.2) is 0 Å². The summed E-state index contributed by atoms with van der Waals surface area (Å²) in [6, 6.07) is 16.5. The maximum absolute atomic E-state index is 12.3. The molecule has 1 aromatic heterocycles. The summed E-state index contributed by atoms with van der Waals surface area (Å²) in [7, 11) is 0. The molecule has 2 atom stereocenters. The molecule has 2 bridgehead atoms. The van der Waals surface area contributed by atoms with Crippen LogP contribution in [-0.4, -0.2) is 36.1 Å². The number of nitrogens with zero attached hydrogens (tertiary/aromatic N) is 2. The molecule has 5 nitrogen and oxygen atoms in total. The number of carbonyl (C=O) groups excluding carboxylic acids is 1. The smallest absolute Gasteiger partial charge is 0.248 e. The molecule has 1 amide bonds. The molecule has 2 saturated heterocycles. The minimum Gasteiger partial charge on any atom is -0.351 e. The zero-order valence-corrected chi connectivity index (χ0v) is 17.5. The number of nitrogens with one attached hydrogen (secondary N) is 2. The Balaban J connectivity index is 1.33. The van der Waals surface area contributed by atoms with Crippen LogP contribution in [-0.2, 0) is 4.79 Å². The van der Waals surface area contributed by atoms with E-state index in [2.05, 4.69) is 28.5 Å². The zero-order chi connectivity index (χ0) is 20.7. The number of aryl methyl sites for hydroxylation is 1. The van der Waals surface area contributed by atoms with Crippen molar-refractivity contribution in [1.29, 1.82) is 0 Å². The number of halogens is 1. The van der Waals surface area contributed by atoms with Gasteiger partial charge in [-0.3, -0.25) is 4.79 Å². The number of fused-ring (bicyclic) bond motifs is 3. The first-order valence-corrected chi connectivity index (χ1v) is 10.6. The van der Waals surface area contributed by atoms with Crippen molar-refractivity contribution >= 4 is 46.0 Å². The molecule has 3 aromatic rings. The van der Waals surface area contributed by atoms with Gasteiger partial charge in [-0.25, -0.2) is 4.98 Å². The van der Waals surface area contributed by atoms with Crippen LogP contribution in [0.4, 0.5) is 11.5 Å². The number of rotatable bonds is 4. The predicted molar refractivity (Wildman–Crippen MR) is 123 cm³/mol. The summed E-state index contributed by atoms with van der Waals surface area (Å²) in [5.41, 5.74) is 3.80. The molecule has 6 heteroatoms. The van der Waals surface area contributed by atoms with Crippen LogP contribution in [0.2, 0.25) is 5.02 Å². The standard InChI is InChI=1S/C24H23ClN4O/c1-15-10-23(29-14-19-11-20(29)13-26-19)28-22-8-7-18(12-21(15)22)27-24(30)9-4-16-2-5-17(25)6-3-16/h2-10,12,19-20,26H,11,13-14H2,1H3,(H,27,30). The van der Waals surface area contributed by atoms with Gasteiger partial charge in [-0.05, 0) is 66.9 Å². The van der Waals surface area contributed by atoms with Crippen molar-refractivity contribution in [2.24, 2.45) is 0 Å². The molecule has 0 radical (unpaired) electrons. The molecule has 2 fully saturated rings. The molecule has 0 spiro atoms. The Bertz CT molecular complexity index is 1140. The van der Waals surface area contributed by atoms with Crippen LogP contribution in [0.15, 0.2) is 54.6 Å². The highest BCUT2D eigenvalue weighted by molar-refractivity contribution is 6.30. The fourth-order valence-electron chi connectivity index (χ4n) is 4.37. The van der Waals surface area contributed by atoms with E-state index in [0.717, 1.165) is 41.1 Å². The first-order valence-electron chi connectivity index (χ1n) is 10.2. The monoisotopic (exact) mass is 418 g/mol. The van der Waals surface area contributed by atoms with E-state index in [1.807, 2.05) is 30.3 Å². The van der Waals surface area contributed by atoms with Gasteiger partial charge in [0, 0.05) is 47.3 Å². The fraction of sp³-hybridized carbons (Fsp3) is 0.250. The molecular weight excluding hydrogens is 396 g/mol. The number of amides is 1. The average Bonchev–Trinajstić information content (AvgIpc) is 3.37. The maximum Gasteiger partial charge on any atom is 0.248 e. The van der Waals surface area contributed by atoms with Gasteiger partial charge in [0.25, 0.3) is 0 Å². The van der Waals surface area contributed by atoms with Gasteiger partial charge < -0.3 is 15.5 Å². The van der Waals surface area contributed by atoms with Crippen molar-refractivity contribution in [1.82, 2.24) is 10.3 Å². The van der Waals surface area contributed by atoms with Crippen LogP contribution in [0.25, 0.3) is 17.0 Å². The molecule has 2 unspecified atom stereocenters. The predicted octanol–water partition coefficient (Wildman–Crippen LogP) is 4.40. The number of anilines is 2. The highest BCUT2D eigenvalue weighted by Gasteiger charge is 2.38.